The second kappa shape index (κ2) is 4.26. The lowest BCUT2D eigenvalue weighted by Crippen LogP contribution is -2.41. The molecule has 1 aliphatic heterocycles. The van der Waals surface area contributed by atoms with Crippen LogP contribution in [0.5, 0.6) is 0 Å². The summed E-state index contributed by atoms with van der Waals surface area (Å²) in [5, 5.41) is 8.99. The third-order valence-corrected chi connectivity index (χ3v) is 4.48. The smallest absolute Gasteiger partial charge is 0.335 e. The Bertz CT molecular complexity index is 644. The van der Waals surface area contributed by atoms with Gasteiger partial charge >= 0.3 is 5.97 Å². The second-order valence-corrected chi connectivity index (χ2v) is 5.98. The maximum Gasteiger partial charge on any atom is 0.335 e. The van der Waals surface area contributed by atoms with Crippen LogP contribution < -0.4 is 0 Å². The van der Waals surface area contributed by atoms with Gasteiger partial charge < -0.3 is 10.0 Å². The van der Waals surface area contributed by atoms with E-state index in [1.54, 1.807) is 6.07 Å². The van der Waals surface area contributed by atoms with E-state index >= 15 is 0 Å². The summed E-state index contributed by atoms with van der Waals surface area (Å²) in [4.78, 5) is 24.6. The molecule has 112 valence electrons. The molecular weight excluding hydrogens is 280 g/mol. The lowest BCUT2D eigenvalue weighted by Gasteiger charge is -2.31. The highest BCUT2D eigenvalue weighted by Gasteiger charge is 2.73. The first-order valence-electron chi connectivity index (χ1n) is 6.77. The van der Waals surface area contributed by atoms with Crippen LogP contribution in [-0.4, -0.2) is 34.4 Å². The maximum absolute atomic E-state index is 13.3. The van der Waals surface area contributed by atoms with Gasteiger partial charge in [0.25, 0.3) is 5.92 Å². The number of fused-ring (bicyclic) bond motifs is 1. The largest absolute Gasteiger partial charge is 0.478 e. The van der Waals surface area contributed by atoms with Gasteiger partial charge in [-0.25, -0.2) is 13.6 Å². The van der Waals surface area contributed by atoms with E-state index < -0.39 is 29.6 Å². The molecule has 1 heterocycles. The van der Waals surface area contributed by atoms with Crippen molar-refractivity contribution in [2.24, 2.45) is 5.41 Å². The lowest BCUT2D eigenvalue weighted by atomic mass is 9.96. The molecule has 1 saturated carbocycles. The number of carboxylic acids is 1. The van der Waals surface area contributed by atoms with Crippen molar-refractivity contribution in [1.82, 2.24) is 4.90 Å². The fourth-order valence-corrected chi connectivity index (χ4v) is 2.84. The van der Waals surface area contributed by atoms with Gasteiger partial charge in [-0.1, -0.05) is 6.07 Å². The van der Waals surface area contributed by atoms with E-state index in [1.165, 1.54) is 24.0 Å². The first-order chi connectivity index (χ1) is 9.74. The summed E-state index contributed by atoms with van der Waals surface area (Å²) in [6.07, 6.45) is 0.153. The molecule has 1 aromatic rings. The van der Waals surface area contributed by atoms with E-state index in [0.29, 0.717) is 13.0 Å². The van der Waals surface area contributed by atoms with Crippen molar-refractivity contribution in [3.63, 3.8) is 0 Å². The molecule has 4 nitrogen and oxygen atoms in total. The van der Waals surface area contributed by atoms with Gasteiger partial charge in [0.15, 0.2) is 0 Å². The molecule has 2 aliphatic rings. The Hall–Kier alpha value is -1.98. The summed E-state index contributed by atoms with van der Waals surface area (Å²) < 4.78 is 26.7. The molecule has 0 spiro atoms. The molecule has 1 N–H and O–H groups in total. The van der Waals surface area contributed by atoms with Gasteiger partial charge in [-0.05, 0) is 36.6 Å². The molecule has 1 unspecified atom stereocenters. The Morgan fingerprint density at radius 2 is 1.95 bits per heavy atom. The third kappa shape index (κ3) is 2.09. The van der Waals surface area contributed by atoms with Gasteiger partial charge in [0, 0.05) is 19.5 Å². The summed E-state index contributed by atoms with van der Waals surface area (Å²) in [5.41, 5.74) is 0.249. The van der Waals surface area contributed by atoms with Crippen LogP contribution in [0.3, 0.4) is 0 Å². The van der Waals surface area contributed by atoms with Gasteiger partial charge in [0.1, 0.15) is 5.41 Å². The van der Waals surface area contributed by atoms with Crippen molar-refractivity contribution in [2.75, 3.05) is 6.54 Å². The average Bonchev–Trinajstić information content (AvgIpc) is 2.96. The number of benzene rings is 1. The molecule has 0 bridgehead atoms. The monoisotopic (exact) mass is 295 g/mol. The molecule has 1 aromatic carbocycles. The Labute approximate surface area is 120 Å². The van der Waals surface area contributed by atoms with Crippen LogP contribution in [0.1, 0.15) is 34.8 Å². The van der Waals surface area contributed by atoms with E-state index in [4.69, 9.17) is 5.11 Å². The number of alkyl halides is 2. The third-order valence-electron chi connectivity index (χ3n) is 4.48. The van der Waals surface area contributed by atoms with E-state index in [9.17, 15) is 18.4 Å². The minimum atomic E-state index is -2.92. The predicted octanol–water partition coefficient (Wildman–Crippen LogP) is 2.31. The number of halogens is 2. The number of carbonyl (C=O) groups excluding carboxylic acids is 1. The first-order valence-corrected chi connectivity index (χ1v) is 6.77. The zero-order chi connectivity index (χ0) is 15.4. The number of hydrogen-bond donors (Lipinski definition) is 1. The van der Waals surface area contributed by atoms with Crippen LogP contribution in [0.15, 0.2) is 18.2 Å². The molecule has 1 aliphatic carbocycles. The molecule has 0 saturated heterocycles. The topological polar surface area (TPSA) is 57.6 Å². The van der Waals surface area contributed by atoms with Crippen molar-refractivity contribution < 1.29 is 23.5 Å². The fourth-order valence-electron chi connectivity index (χ4n) is 2.84. The molecule has 21 heavy (non-hydrogen) atoms. The first kappa shape index (κ1) is 14.0. The number of rotatable bonds is 2. The zero-order valence-corrected chi connectivity index (χ0v) is 11.5. The summed E-state index contributed by atoms with van der Waals surface area (Å²) in [6, 6.07) is 4.77. The molecule has 0 radical (unpaired) electrons. The number of carbonyl (C=O) groups is 2. The average molecular weight is 295 g/mol. The van der Waals surface area contributed by atoms with Crippen molar-refractivity contribution in [3.05, 3.63) is 34.9 Å². The fraction of sp³-hybridized carbons (Fsp3) is 0.467. The molecule has 6 heteroatoms. The zero-order valence-electron chi connectivity index (χ0n) is 11.5. The van der Waals surface area contributed by atoms with Crippen molar-refractivity contribution in [3.8, 4) is 0 Å². The quantitative estimate of drug-likeness (QED) is 0.911. The summed E-state index contributed by atoms with van der Waals surface area (Å²) in [7, 11) is 0. The van der Waals surface area contributed by atoms with Gasteiger partial charge in [-0.3, -0.25) is 4.79 Å². The summed E-state index contributed by atoms with van der Waals surface area (Å²) >= 11 is 0. The minimum Gasteiger partial charge on any atom is -0.478 e. The molecule has 0 aromatic heterocycles. The highest BCUT2D eigenvalue weighted by molar-refractivity contribution is 5.89. The van der Waals surface area contributed by atoms with Gasteiger partial charge in [0.2, 0.25) is 5.91 Å². The normalized spacial score (nSPS) is 26.1. The Balaban J connectivity index is 1.83. The SMILES string of the molecule is CC1(C(=O)N2CCc3ccc(C(=O)O)cc3C2)CC1(F)F. The molecular formula is C15H15F2NO3. The number of amides is 1. The molecule has 3 rings (SSSR count). The molecule has 1 atom stereocenters. The van der Waals surface area contributed by atoms with E-state index in [-0.39, 0.29) is 12.1 Å². The van der Waals surface area contributed by atoms with E-state index in [1.807, 2.05) is 0 Å². The number of carboxylic acid groups (broad SMARTS) is 1. The van der Waals surface area contributed by atoms with Crippen molar-refractivity contribution in [2.45, 2.75) is 32.2 Å². The van der Waals surface area contributed by atoms with Crippen molar-refractivity contribution >= 4 is 11.9 Å². The van der Waals surface area contributed by atoms with Crippen LogP contribution >= 0.6 is 0 Å². The maximum atomic E-state index is 13.3. The molecule has 1 fully saturated rings. The Kier molecular flexibility index (Phi) is 2.83. The van der Waals surface area contributed by atoms with Crippen LogP contribution in [0.4, 0.5) is 8.78 Å². The Morgan fingerprint density at radius 3 is 2.52 bits per heavy atom. The Morgan fingerprint density at radius 1 is 1.29 bits per heavy atom. The predicted molar refractivity (Wildman–Crippen MR) is 70.2 cm³/mol. The standard InChI is InChI=1S/C15H15F2NO3/c1-14(8-15(14,16)17)13(21)18-5-4-9-2-3-10(12(19)20)6-11(9)7-18/h2-3,6H,4-5,7-8H2,1H3,(H,19,20). The van der Waals surface area contributed by atoms with Crippen LogP contribution in [-0.2, 0) is 17.8 Å². The van der Waals surface area contributed by atoms with Crippen molar-refractivity contribution in [1.29, 1.82) is 0 Å². The van der Waals surface area contributed by atoms with E-state index in [0.717, 1.165) is 11.1 Å². The van der Waals surface area contributed by atoms with Crippen LogP contribution in [0.2, 0.25) is 0 Å². The highest BCUT2D eigenvalue weighted by Crippen LogP contribution is 2.61. The van der Waals surface area contributed by atoms with Crippen LogP contribution in [0.25, 0.3) is 0 Å². The second-order valence-electron chi connectivity index (χ2n) is 5.98. The molecule has 1 amide bonds. The summed E-state index contributed by atoms with van der Waals surface area (Å²) in [5.74, 6) is -4.51. The lowest BCUT2D eigenvalue weighted by molar-refractivity contribution is -0.141. The van der Waals surface area contributed by atoms with E-state index in [2.05, 4.69) is 0 Å². The van der Waals surface area contributed by atoms with Gasteiger partial charge in [-0.2, -0.15) is 0 Å². The highest BCUT2D eigenvalue weighted by atomic mass is 19.3. The van der Waals surface area contributed by atoms with Gasteiger partial charge in [0.05, 0.1) is 5.56 Å². The minimum absolute atomic E-state index is 0.144. The van der Waals surface area contributed by atoms with Crippen LogP contribution in [0, 0.1) is 5.41 Å². The number of aromatic carboxylic acids is 1. The number of nitrogens with zero attached hydrogens (tertiary/aromatic N) is 1. The number of hydrogen-bond acceptors (Lipinski definition) is 2. The summed E-state index contributed by atoms with van der Waals surface area (Å²) in [6.45, 7) is 1.88. The van der Waals surface area contributed by atoms with Gasteiger partial charge in [-0.15, -0.1) is 0 Å².